The highest BCUT2D eigenvalue weighted by molar-refractivity contribution is 5.77. The van der Waals surface area contributed by atoms with Gasteiger partial charge in [0.1, 0.15) is 0 Å². The van der Waals surface area contributed by atoms with Crippen molar-refractivity contribution in [2.75, 3.05) is 13.1 Å². The van der Waals surface area contributed by atoms with E-state index in [9.17, 15) is 0 Å². The Labute approximate surface area is 121 Å². The van der Waals surface area contributed by atoms with Crippen LogP contribution in [-0.2, 0) is 6.67 Å². The Morgan fingerprint density at radius 2 is 2.05 bits per heavy atom. The molecule has 3 nitrogen and oxygen atoms in total. The molecule has 3 heteroatoms. The smallest absolute Gasteiger partial charge is 0.0969 e. The molecule has 0 spiro atoms. The van der Waals surface area contributed by atoms with Crippen molar-refractivity contribution in [3.8, 4) is 0 Å². The quantitative estimate of drug-likeness (QED) is 0.845. The molecule has 1 atom stereocenters. The van der Waals surface area contributed by atoms with Gasteiger partial charge in [-0.25, -0.2) is 4.98 Å². The number of imidazole rings is 1. The average Bonchev–Trinajstić information content (AvgIpc) is 3.00. The summed E-state index contributed by atoms with van der Waals surface area (Å²) in [4.78, 5) is 7.12. The molecule has 2 aromatic rings. The number of rotatable bonds is 4. The van der Waals surface area contributed by atoms with E-state index in [4.69, 9.17) is 0 Å². The molecule has 0 aliphatic carbocycles. The van der Waals surface area contributed by atoms with E-state index in [0.29, 0.717) is 0 Å². The fourth-order valence-corrected chi connectivity index (χ4v) is 3.33. The normalized spacial score (nSPS) is 20.1. The molecule has 1 unspecified atom stereocenters. The van der Waals surface area contributed by atoms with Gasteiger partial charge in [0, 0.05) is 13.1 Å². The van der Waals surface area contributed by atoms with E-state index in [1.807, 2.05) is 6.33 Å². The molecule has 0 radical (unpaired) electrons. The Hall–Kier alpha value is -1.35. The van der Waals surface area contributed by atoms with Crippen molar-refractivity contribution in [2.45, 2.75) is 46.7 Å². The third kappa shape index (κ3) is 2.59. The Morgan fingerprint density at radius 3 is 2.85 bits per heavy atom. The second-order valence-corrected chi connectivity index (χ2v) is 6.30. The summed E-state index contributed by atoms with van der Waals surface area (Å²) >= 11 is 0. The predicted molar refractivity (Wildman–Crippen MR) is 83.8 cm³/mol. The van der Waals surface area contributed by atoms with Gasteiger partial charge in [-0.3, -0.25) is 4.90 Å². The van der Waals surface area contributed by atoms with Crippen molar-refractivity contribution in [3.63, 3.8) is 0 Å². The van der Waals surface area contributed by atoms with E-state index in [1.54, 1.807) is 0 Å². The topological polar surface area (TPSA) is 21.1 Å². The van der Waals surface area contributed by atoms with Crippen LogP contribution in [0.25, 0.3) is 11.0 Å². The first-order valence-electron chi connectivity index (χ1n) is 7.82. The van der Waals surface area contributed by atoms with Crippen molar-refractivity contribution in [3.05, 3.63) is 29.6 Å². The Morgan fingerprint density at radius 1 is 1.25 bits per heavy atom. The zero-order valence-electron chi connectivity index (χ0n) is 12.9. The molecule has 0 bridgehead atoms. The number of hydrogen-bond donors (Lipinski definition) is 0. The monoisotopic (exact) mass is 271 g/mol. The van der Waals surface area contributed by atoms with Crippen LogP contribution < -0.4 is 0 Å². The van der Waals surface area contributed by atoms with Crippen molar-refractivity contribution >= 4 is 11.0 Å². The number of fused-ring (bicyclic) bond motifs is 1. The average molecular weight is 271 g/mol. The zero-order chi connectivity index (χ0) is 14.1. The van der Waals surface area contributed by atoms with Gasteiger partial charge in [-0.1, -0.05) is 13.3 Å². The molecule has 1 aliphatic heterocycles. The van der Waals surface area contributed by atoms with Gasteiger partial charge in [0.25, 0.3) is 0 Å². The highest BCUT2D eigenvalue weighted by atomic mass is 15.3. The van der Waals surface area contributed by atoms with Crippen LogP contribution in [0, 0.1) is 19.8 Å². The minimum Gasteiger partial charge on any atom is -0.317 e. The van der Waals surface area contributed by atoms with Gasteiger partial charge in [-0.05, 0) is 55.9 Å². The molecule has 3 rings (SSSR count). The highest BCUT2D eigenvalue weighted by Gasteiger charge is 2.22. The second kappa shape index (κ2) is 5.57. The molecule has 0 amide bonds. The second-order valence-electron chi connectivity index (χ2n) is 6.30. The van der Waals surface area contributed by atoms with Gasteiger partial charge in [0.05, 0.1) is 24.0 Å². The summed E-state index contributed by atoms with van der Waals surface area (Å²) in [5.74, 6) is 0.902. The minimum absolute atomic E-state index is 0.902. The van der Waals surface area contributed by atoms with Crippen LogP contribution in [0.4, 0.5) is 0 Å². The summed E-state index contributed by atoms with van der Waals surface area (Å²) < 4.78 is 2.30. The standard InChI is InChI=1S/C17H25N3/c1-4-5-15-6-7-19(10-15)12-20-11-18-16-8-13(2)14(3)9-17(16)20/h8-9,11,15H,4-7,10,12H2,1-3H3. The minimum atomic E-state index is 0.902. The molecule has 20 heavy (non-hydrogen) atoms. The molecule has 1 aliphatic rings. The summed E-state index contributed by atoms with van der Waals surface area (Å²) in [6.07, 6.45) is 6.04. The summed E-state index contributed by atoms with van der Waals surface area (Å²) in [7, 11) is 0. The number of benzene rings is 1. The fourth-order valence-electron chi connectivity index (χ4n) is 3.33. The third-order valence-electron chi connectivity index (χ3n) is 4.66. The van der Waals surface area contributed by atoms with Crippen LogP contribution in [-0.4, -0.2) is 27.5 Å². The summed E-state index contributed by atoms with van der Waals surface area (Å²) in [5, 5.41) is 0. The van der Waals surface area contributed by atoms with E-state index in [2.05, 4.69) is 47.4 Å². The fraction of sp³-hybridized carbons (Fsp3) is 0.588. The lowest BCUT2D eigenvalue weighted by Gasteiger charge is -2.17. The summed E-state index contributed by atoms with van der Waals surface area (Å²) in [5.41, 5.74) is 5.07. The van der Waals surface area contributed by atoms with Crippen molar-refractivity contribution in [2.24, 2.45) is 5.92 Å². The van der Waals surface area contributed by atoms with Crippen molar-refractivity contribution in [1.29, 1.82) is 0 Å². The molecule has 1 aromatic heterocycles. The van der Waals surface area contributed by atoms with Crippen LogP contribution in [0.2, 0.25) is 0 Å². The van der Waals surface area contributed by atoms with Gasteiger partial charge in [0.15, 0.2) is 0 Å². The first kappa shape index (κ1) is 13.6. The molecule has 0 saturated carbocycles. The first-order valence-corrected chi connectivity index (χ1v) is 7.82. The van der Waals surface area contributed by atoms with E-state index in [-0.39, 0.29) is 0 Å². The van der Waals surface area contributed by atoms with Crippen LogP contribution in [0.15, 0.2) is 18.5 Å². The van der Waals surface area contributed by atoms with Crippen molar-refractivity contribution < 1.29 is 0 Å². The molecule has 108 valence electrons. The Kier molecular flexibility index (Phi) is 3.79. The number of aryl methyl sites for hydroxylation is 2. The van der Waals surface area contributed by atoms with E-state index >= 15 is 0 Å². The van der Waals surface area contributed by atoms with Crippen molar-refractivity contribution in [1.82, 2.24) is 14.5 Å². The van der Waals surface area contributed by atoms with Gasteiger partial charge in [-0.2, -0.15) is 0 Å². The zero-order valence-corrected chi connectivity index (χ0v) is 12.9. The Balaban J connectivity index is 1.77. The highest BCUT2D eigenvalue weighted by Crippen LogP contribution is 2.23. The number of aromatic nitrogens is 2. The third-order valence-corrected chi connectivity index (χ3v) is 4.66. The number of nitrogens with zero attached hydrogens (tertiary/aromatic N) is 3. The SMILES string of the molecule is CCCC1CCN(Cn2cnc3cc(C)c(C)cc32)C1. The molecule has 1 saturated heterocycles. The maximum atomic E-state index is 4.55. The van der Waals surface area contributed by atoms with Gasteiger partial charge >= 0.3 is 0 Å². The largest absolute Gasteiger partial charge is 0.317 e. The summed E-state index contributed by atoms with van der Waals surface area (Å²) in [6.45, 7) is 10.1. The van der Waals surface area contributed by atoms with E-state index in [0.717, 1.165) is 18.1 Å². The molecule has 2 heterocycles. The predicted octanol–water partition coefficient (Wildman–Crippen LogP) is 3.73. The lowest BCUT2D eigenvalue weighted by molar-refractivity contribution is 0.261. The maximum Gasteiger partial charge on any atom is 0.0969 e. The molecular weight excluding hydrogens is 246 g/mol. The van der Waals surface area contributed by atoms with Gasteiger partial charge < -0.3 is 4.57 Å². The van der Waals surface area contributed by atoms with Crippen LogP contribution in [0.1, 0.15) is 37.3 Å². The number of likely N-dealkylation sites (tertiary alicyclic amines) is 1. The summed E-state index contributed by atoms with van der Waals surface area (Å²) in [6, 6.07) is 4.47. The van der Waals surface area contributed by atoms with Crippen LogP contribution in [0.5, 0.6) is 0 Å². The lowest BCUT2D eigenvalue weighted by Crippen LogP contribution is -2.23. The van der Waals surface area contributed by atoms with Crippen LogP contribution in [0.3, 0.4) is 0 Å². The first-order chi connectivity index (χ1) is 9.67. The van der Waals surface area contributed by atoms with Gasteiger partial charge in [0.2, 0.25) is 0 Å². The van der Waals surface area contributed by atoms with Gasteiger partial charge in [-0.15, -0.1) is 0 Å². The molecule has 1 fully saturated rings. The van der Waals surface area contributed by atoms with E-state index < -0.39 is 0 Å². The maximum absolute atomic E-state index is 4.55. The van der Waals surface area contributed by atoms with E-state index in [1.165, 1.54) is 49.0 Å². The molecule has 1 aromatic carbocycles. The van der Waals surface area contributed by atoms with Crippen LogP contribution >= 0.6 is 0 Å². The lowest BCUT2D eigenvalue weighted by atomic mass is 10.0. The Bertz CT molecular complexity index is 600. The number of hydrogen-bond acceptors (Lipinski definition) is 2. The molecular formula is C17H25N3. The molecule has 0 N–H and O–H groups in total.